The summed E-state index contributed by atoms with van der Waals surface area (Å²) < 4.78 is 15.9. The lowest BCUT2D eigenvalue weighted by atomic mass is 10.1. The summed E-state index contributed by atoms with van der Waals surface area (Å²) in [7, 11) is 3.02. The van der Waals surface area contributed by atoms with Crippen LogP contribution in [0.5, 0.6) is 23.5 Å². The maximum absolute atomic E-state index is 5.78. The number of allylic oxidation sites excluding steroid dienone is 1. The van der Waals surface area contributed by atoms with Crippen LogP contribution >= 0.6 is 0 Å². The van der Waals surface area contributed by atoms with E-state index in [1.807, 2.05) is 6.07 Å². The summed E-state index contributed by atoms with van der Waals surface area (Å²) in [6.07, 6.45) is 2.40. The third-order valence-corrected chi connectivity index (χ3v) is 2.73. The molecule has 0 atom stereocenters. The highest BCUT2D eigenvalue weighted by molar-refractivity contribution is 5.49. The van der Waals surface area contributed by atoms with Crippen molar-refractivity contribution in [3.05, 3.63) is 42.5 Å². The lowest BCUT2D eigenvalue weighted by Gasteiger charge is -2.11. The van der Waals surface area contributed by atoms with E-state index >= 15 is 0 Å². The Bertz CT molecular complexity index is 622. The zero-order valence-electron chi connectivity index (χ0n) is 12.0. The predicted molar refractivity (Wildman–Crippen MR) is 80.0 cm³/mol. The van der Waals surface area contributed by atoms with Crippen molar-refractivity contribution in [3.8, 4) is 23.5 Å². The maximum atomic E-state index is 5.78. The SMILES string of the molecule is C=CCc1cc(N)ccc1Oc1nc(OC)cc(OC)n1. The van der Waals surface area contributed by atoms with E-state index in [2.05, 4.69) is 16.5 Å². The van der Waals surface area contributed by atoms with Gasteiger partial charge in [-0.3, -0.25) is 0 Å². The van der Waals surface area contributed by atoms with E-state index in [0.717, 1.165) is 5.56 Å². The number of nitrogens with zero attached hydrogens (tertiary/aromatic N) is 2. The molecule has 0 saturated heterocycles. The molecule has 0 aliphatic carbocycles. The summed E-state index contributed by atoms with van der Waals surface area (Å²) >= 11 is 0. The zero-order valence-corrected chi connectivity index (χ0v) is 12.0. The molecule has 0 radical (unpaired) electrons. The van der Waals surface area contributed by atoms with Crippen LogP contribution in [0, 0.1) is 0 Å². The minimum absolute atomic E-state index is 0.140. The van der Waals surface area contributed by atoms with Gasteiger partial charge in [0.2, 0.25) is 11.8 Å². The van der Waals surface area contributed by atoms with Gasteiger partial charge in [0.1, 0.15) is 5.75 Å². The van der Waals surface area contributed by atoms with E-state index in [-0.39, 0.29) is 6.01 Å². The van der Waals surface area contributed by atoms with Crippen LogP contribution in [0.25, 0.3) is 0 Å². The molecular formula is C15H17N3O3. The number of aromatic nitrogens is 2. The first-order chi connectivity index (χ1) is 10.2. The van der Waals surface area contributed by atoms with Crippen LogP contribution in [0.4, 0.5) is 5.69 Å². The van der Waals surface area contributed by atoms with Gasteiger partial charge in [0.05, 0.1) is 20.3 Å². The standard InChI is InChI=1S/C15H17N3O3/c1-4-5-10-8-11(16)6-7-12(10)21-15-17-13(19-2)9-14(18-15)20-3/h4,6-9H,1,5,16H2,2-3H3. The van der Waals surface area contributed by atoms with E-state index < -0.39 is 0 Å². The first-order valence-corrected chi connectivity index (χ1v) is 6.30. The second-order valence-electron chi connectivity index (χ2n) is 4.20. The van der Waals surface area contributed by atoms with Gasteiger partial charge in [-0.2, -0.15) is 9.97 Å². The normalized spacial score (nSPS) is 10.0. The summed E-state index contributed by atoms with van der Waals surface area (Å²) in [6, 6.07) is 7.05. The number of hydrogen-bond donors (Lipinski definition) is 1. The molecule has 0 aliphatic rings. The molecule has 21 heavy (non-hydrogen) atoms. The van der Waals surface area contributed by atoms with Crippen LogP contribution in [0.15, 0.2) is 36.9 Å². The summed E-state index contributed by atoms with van der Waals surface area (Å²) in [4.78, 5) is 8.25. The van der Waals surface area contributed by atoms with Gasteiger partial charge in [0.25, 0.3) is 0 Å². The Morgan fingerprint density at radius 2 is 1.81 bits per heavy atom. The molecule has 6 heteroatoms. The Kier molecular flexibility index (Phi) is 4.61. The molecule has 0 aliphatic heterocycles. The third kappa shape index (κ3) is 3.62. The van der Waals surface area contributed by atoms with Gasteiger partial charge in [-0.15, -0.1) is 6.58 Å². The van der Waals surface area contributed by atoms with Crippen molar-refractivity contribution in [2.24, 2.45) is 0 Å². The molecule has 1 aromatic heterocycles. The lowest BCUT2D eigenvalue weighted by molar-refractivity contribution is 0.347. The van der Waals surface area contributed by atoms with Crippen molar-refractivity contribution in [2.75, 3.05) is 20.0 Å². The van der Waals surface area contributed by atoms with Gasteiger partial charge in [0.15, 0.2) is 0 Å². The van der Waals surface area contributed by atoms with Crippen LogP contribution < -0.4 is 19.9 Å². The average molecular weight is 287 g/mol. The number of methoxy groups -OCH3 is 2. The van der Waals surface area contributed by atoms with Gasteiger partial charge in [0, 0.05) is 11.3 Å². The van der Waals surface area contributed by atoms with E-state index in [1.54, 1.807) is 24.3 Å². The van der Waals surface area contributed by atoms with Crippen LogP contribution in [0.3, 0.4) is 0 Å². The van der Waals surface area contributed by atoms with Crippen molar-refractivity contribution in [3.63, 3.8) is 0 Å². The molecular weight excluding hydrogens is 270 g/mol. The molecule has 2 rings (SSSR count). The van der Waals surface area contributed by atoms with E-state index in [4.69, 9.17) is 19.9 Å². The van der Waals surface area contributed by atoms with Crippen molar-refractivity contribution >= 4 is 5.69 Å². The minimum Gasteiger partial charge on any atom is -0.481 e. The van der Waals surface area contributed by atoms with E-state index in [0.29, 0.717) is 29.6 Å². The Balaban J connectivity index is 2.35. The second-order valence-corrected chi connectivity index (χ2v) is 4.20. The van der Waals surface area contributed by atoms with Crippen LogP contribution in [-0.2, 0) is 6.42 Å². The first-order valence-electron chi connectivity index (χ1n) is 6.30. The number of benzene rings is 1. The number of anilines is 1. The minimum atomic E-state index is 0.140. The molecule has 1 heterocycles. The van der Waals surface area contributed by atoms with E-state index in [9.17, 15) is 0 Å². The number of rotatable bonds is 6. The van der Waals surface area contributed by atoms with Crippen LogP contribution in [0.2, 0.25) is 0 Å². The summed E-state index contributed by atoms with van der Waals surface area (Å²) in [5, 5.41) is 0. The Morgan fingerprint density at radius 3 is 2.38 bits per heavy atom. The first kappa shape index (κ1) is 14.6. The van der Waals surface area contributed by atoms with Crippen molar-refractivity contribution in [2.45, 2.75) is 6.42 Å². The highest BCUT2D eigenvalue weighted by Gasteiger charge is 2.10. The number of nitrogen functional groups attached to an aromatic ring is 1. The van der Waals surface area contributed by atoms with Crippen molar-refractivity contribution in [1.29, 1.82) is 0 Å². The predicted octanol–water partition coefficient (Wildman–Crippen LogP) is 2.60. The van der Waals surface area contributed by atoms with Gasteiger partial charge in [-0.05, 0) is 24.6 Å². The Morgan fingerprint density at radius 1 is 1.14 bits per heavy atom. The highest BCUT2D eigenvalue weighted by atomic mass is 16.5. The quantitative estimate of drug-likeness (QED) is 0.650. The molecule has 1 aromatic carbocycles. The Labute approximate surface area is 123 Å². The molecule has 2 N–H and O–H groups in total. The maximum Gasteiger partial charge on any atom is 0.328 e. The third-order valence-electron chi connectivity index (χ3n) is 2.73. The van der Waals surface area contributed by atoms with Crippen LogP contribution in [0.1, 0.15) is 5.56 Å². The van der Waals surface area contributed by atoms with Gasteiger partial charge in [-0.25, -0.2) is 0 Å². The summed E-state index contributed by atoms with van der Waals surface area (Å²) in [5.41, 5.74) is 7.34. The molecule has 0 amide bonds. The van der Waals surface area contributed by atoms with Crippen molar-refractivity contribution in [1.82, 2.24) is 9.97 Å². The fourth-order valence-corrected chi connectivity index (χ4v) is 1.75. The molecule has 0 fully saturated rings. The topological polar surface area (TPSA) is 79.5 Å². The van der Waals surface area contributed by atoms with Gasteiger partial charge in [-0.1, -0.05) is 6.08 Å². The summed E-state index contributed by atoms with van der Waals surface area (Å²) in [6.45, 7) is 3.72. The fraction of sp³-hybridized carbons (Fsp3) is 0.200. The van der Waals surface area contributed by atoms with Gasteiger partial charge < -0.3 is 19.9 Å². The Hall–Kier alpha value is -2.76. The van der Waals surface area contributed by atoms with Crippen molar-refractivity contribution < 1.29 is 14.2 Å². The highest BCUT2D eigenvalue weighted by Crippen LogP contribution is 2.28. The fourth-order valence-electron chi connectivity index (χ4n) is 1.75. The lowest BCUT2D eigenvalue weighted by Crippen LogP contribution is -2.00. The number of hydrogen-bond acceptors (Lipinski definition) is 6. The molecule has 0 unspecified atom stereocenters. The van der Waals surface area contributed by atoms with E-state index in [1.165, 1.54) is 14.2 Å². The van der Waals surface area contributed by atoms with Crippen LogP contribution in [-0.4, -0.2) is 24.2 Å². The molecule has 0 spiro atoms. The molecule has 0 bridgehead atoms. The summed E-state index contributed by atoms with van der Waals surface area (Å²) in [5.74, 6) is 1.33. The average Bonchev–Trinajstić information content (AvgIpc) is 2.50. The number of nitrogens with two attached hydrogens (primary N) is 1. The number of ether oxygens (including phenoxy) is 3. The zero-order chi connectivity index (χ0) is 15.2. The van der Waals surface area contributed by atoms with Gasteiger partial charge >= 0.3 is 6.01 Å². The molecule has 6 nitrogen and oxygen atoms in total. The second kappa shape index (κ2) is 6.60. The largest absolute Gasteiger partial charge is 0.481 e. The molecule has 110 valence electrons. The smallest absolute Gasteiger partial charge is 0.328 e. The molecule has 2 aromatic rings. The monoisotopic (exact) mass is 287 g/mol. The molecule has 0 saturated carbocycles.